The molecule has 0 heterocycles. The van der Waals surface area contributed by atoms with Gasteiger partial charge in [0, 0.05) is 11.3 Å². The van der Waals surface area contributed by atoms with Crippen molar-refractivity contribution in [2.24, 2.45) is 0 Å². The van der Waals surface area contributed by atoms with Gasteiger partial charge in [-0.05, 0) is 12.1 Å². The summed E-state index contributed by atoms with van der Waals surface area (Å²) in [6, 6.07) is 20.7. The number of benzene rings is 2. The van der Waals surface area contributed by atoms with Crippen molar-refractivity contribution in [2.75, 3.05) is 18.0 Å². The molecule has 0 aromatic heterocycles. The van der Waals surface area contributed by atoms with Crippen LogP contribution in [0.5, 0.6) is 0 Å². The molecule has 2 rings (SSSR count). The standard InChI is InChI=1S/C16H14N2O/c17-11-12-18(15-9-5-2-6-10-15)13-16(19)14-7-3-1-4-8-14/h1-10H,12-13H2. The fraction of sp³-hybridized carbons (Fsp3) is 0.125. The lowest BCUT2D eigenvalue weighted by Crippen LogP contribution is -2.30. The van der Waals surface area contributed by atoms with Crippen LogP contribution in [0.3, 0.4) is 0 Å². The molecule has 0 radical (unpaired) electrons. The molecule has 0 saturated carbocycles. The second-order valence-electron chi connectivity index (χ2n) is 4.14. The molecular formula is C16H14N2O. The van der Waals surface area contributed by atoms with Gasteiger partial charge >= 0.3 is 0 Å². The molecule has 0 saturated heterocycles. The number of carbonyl (C=O) groups is 1. The highest BCUT2D eigenvalue weighted by Crippen LogP contribution is 2.13. The Morgan fingerprint density at radius 2 is 1.58 bits per heavy atom. The molecule has 94 valence electrons. The van der Waals surface area contributed by atoms with Gasteiger partial charge in [-0.1, -0.05) is 48.5 Å². The molecule has 0 unspecified atom stereocenters. The fourth-order valence-electron chi connectivity index (χ4n) is 1.85. The number of rotatable bonds is 5. The summed E-state index contributed by atoms with van der Waals surface area (Å²) in [6.45, 7) is 0.407. The Morgan fingerprint density at radius 1 is 1.00 bits per heavy atom. The number of nitriles is 1. The van der Waals surface area contributed by atoms with Crippen LogP contribution >= 0.6 is 0 Å². The maximum Gasteiger partial charge on any atom is 0.182 e. The van der Waals surface area contributed by atoms with Crippen LogP contribution in [0.2, 0.25) is 0 Å². The molecule has 0 amide bonds. The third-order valence-electron chi connectivity index (χ3n) is 2.81. The van der Waals surface area contributed by atoms with Crippen LogP contribution in [0.4, 0.5) is 5.69 Å². The molecule has 0 spiro atoms. The van der Waals surface area contributed by atoms with Gasteiger partial charge in [0.25, 0.3) is 0 Å². The van der Waals surface area contributed by atoms with Gasteiger partial charge in [0.05, 0.1) is 12.6 Å². The Kier molecular flexibility index (Phi) is 4.30. The van der Waals surface area contributed by atoms with E-state index in [1.807, 2.05) is 48.5 Å². The van der Waals surface area contributed by atoms with Crippen LogP contribution in [0.25, 0.3) is 0 Å². The zero-order chi connectivity index (χ0) is 13.5. The van der Waals surface area contributed by atoms with Crippen LogP contribution in [0, 0.1) is 11.3 Å². The third-order valence-corrected chi connectivity index (χ3v) is 2.81. The monoisotopic (exact) mass is 250 g/mol. The molecule has 0 atom stereocenters. The van der Waals surface area contributed by atoms with E-state index in [9.17, 15) is 4.79 Å². The van der Waals surface area contributed by atoms with Crippen molar-refractivity contribution in [2.45, 2.75) is 0 Å². The van der Waals surface area contributed by atoms with Crippen LogP contribution in [0.15, 0.2) is 60.7 Å². The van der Waals surface area contributed by atoms with Gasteiger partial charge in [0.15, 0.2) is 5.78 Å². The van der Waals surface area contributed by atoms with Crippen LogP contribution in [0.1, 0.15) is 10.4 Å². The van der Waals surface area contributed by atoms with E-state index in [0.717, 1.165) is 5.69 Å². The van der Waals surface area contributed by atoms with Gasteiger partial charge in [-0.15, -0.1) is 0 Å². The lowest BCUT2D eigenvalue weighted by atomic mass is 10.1. The summed E-state index contributed by atoms with van der Waals surface area (Å²) in [5, 5.41) is 8.88. The number of carbonyl (C=O) groups excluding carboxylic acids is 1. The van der Waals surface area contributed by atoms with E-state index in [-0.39, 0.29) is 18.9 Å². The zero-order valence-electron chi connectivity index (χ0n) is 10.5. The second kappa shape index (κ2) is 6.36. The Morgan fingerprint density at radius 3 is 2.16 bits per heavy atom. The highest BCUT2D eigenvalue weighted by molar-refractivity contribution is 5.99. The van der Waals surface area contributed by atoms with Gasteiger partial charge in [-0.3, -0.25) is 4.79 Å². The number of hydrogen-bond donors (Lipinski definition) is 0. The predicted octanol–water partition coefficient (Wildman–Crippen LogP) is 2.90. The van der Waals surface area contributed by atoms with Gasteiger partial charge < -0.3 is 4.90 Å². The summed E-state index contributed by atoms with van der Waals surface area (Å²) in [7, 11) is 0. The molecule has 2 aromatic carbocycles. The number of Topliss-reactive ketones (excluding diaryl/α,β-unsaturated/α-hetero) is 1. The van der Waals surface area contributed by atoms with Gasteiger partial charge in [-0.25, -0.2) is 0 Å². The van der Waals surface area contributed by atoms with Gasteiger partial charge in [0.2, 0.25) is 0 Å². The van der Waals surface area contributed by atoms with Crippen molar-refractivity contribution in [3.8, 4) is 6.07 Å². The molecule has 0 N–H and O–H groups in total. The Bertz CT molecular complexity index is 573. The number of ketones is 1. The van der Waals surface area contributed by atoms with Crippen LogP contribution in [-0.2, 0) is 0 Å². The molecular weight excluding hydrogens is 236 g/mol. The Labute approximate surface area is 112 Å². The highest BCUT2D eigenvalue weighted by atomic mass is 16.1. The summed E-state index contributed by atoms with van der Waals surface area (Å²) in [4.78, 5) is 13.9. The molecule has 0 aliphatic heterocycles. The average molecular weight is 250 g/mol. The minimum Gasteiger partial charge on any atom is -0.350 e. The first-order valence-corrected chi connectivity index (χ1v) is 6.06. The molecule has 0 bridgehead atoms. The lowest BCUT2D eigenvalue weighted by molar-refractivity contribution is 0.0999. The van der Waals surface area contributed by atoms with Crippen molar-refractivity contribution >= 4 is 11.5 Å². The minimum atomic E-state index is 0.0136. The third kappa shape index (κ3) is 3.43. The second-order valence-corrected chi connectivity index (χ2v) is 4.14. The van der Waals surface area contributed by atoms with Crippen LogP contribution < -0.4 is 4.90 Å². The first-order chi connectivity index (χ1) is 9.31. The van der Waals surface area contributed by atoms with E-state index in [0.29, 0.717) is 5.56 Å². The molecule has 3 nitrogen and oxygen atoms in total. The number of hydrogen-bond acceptors (Lipinski definition) is 3. The Balaban J connectivity index is 2.14. The molecule has 0 aliphatic rings. The van der Waals surface area contributed by atoms with Crippen LogP contribution in [-0.4, -0.2) is 18.9 Å². The van der Waals surface area contributed by atoms with E-state index in [2.05, 4.69) is 6.07 Å². The SMILES string of the molecule is N#CCN(CC(=O)c1ccccc1)c1ccccc1. The number of anilines is 1. The molecule has 2 aromatic rings. The predicted molar refractivity (Wildman–Crippen MR) is 75.0 cm³/mol. The average Bonchev–Trinajstić information content (AvgIpc) is 2.48. The zero-order valence-corrected chi connectivity index (χ0v) is 10.5. The first-order valence-electron chi connectivity index (χ1n) is 6.06. The summed E-state index contributed by atoms with van der Waals surface area (Å²) >= 11 is 0. The number of para-hydroxylation sites is 1. The molecule has 3 heteroatoms. The lowest BCUT2D eigenvalue weighted by Gasteiger charge is -2.20. The van der Waals surface area contributed by atoms with E-state index >= 15 is 0 Å². The smallest absolute Gasteiger partial charge is 0.182 e. The molecule has 0 fully saturated rings. The van der Waals surface area contributed by atoms with Crippen molar-refractivity contribution in [3.05, 3.63) is 66.2 Å². The van der Waals surface area contributed by atoms with Gasteiger partial charge in [0.1, 0.15) is 6.54 Å². The van der Waals surface area contributed by atoms with E-state index in [1.54, 1.807) is 17.0 Å². The highest BCUT2D eigenvalue weighted by Gasteiger charge is 2.12. The van der Waals surface area contributed by atoms with Crippen molar-refractivity contribution in [1.82, 2.24) is 0 Å². The summed E-state index contributed by atoms with van der Waals surface area (Å²) < 4.78 is 0. The molecule has 19 heavy (non-hydrogen) atoms. The van der Waals surface area contributed by atoms with Crippen molar-refractivity contribution < 1.29 is 4.79 Å². The fourth-order valence-corrected chi connectivity index (χ4v) is 1.85. The first kappa shape index (κ1) is 12.8. The maximum absolute atomic E-state index is 12.2. The van der Waals surface area contributed by atoms with E-state index in [1.165, 1.54) is 0 Å². The van der Waals surface area contributed by atoms with Crippen molar-refractivity contribution in [3.63, 3.8) is 0 Å². The largest absolute Gasteiger partial charge is 0.350 e. The summed E-state index contributed by atoms with van der Waals surface area (Å²) in [6.07, 6.45) is 0. The summed E-state index contributed by atoms with van der Waals surface area (Å²) in [5.41, 5.74) is 1.55. The number of nitrogens with zero attached hydrogens (tertiary/aromatic N) is 2. The maximum atomic E-state index is 12.2. The topological polar surface area (TPSA) is 44.1 Å². The normalized spacial score (nSPS) is 9.63. The summed E-state index contributed by atoms with van der Waals surface area (Å²) in [5.74, 6) is 0.0136. The van der Waals surface area contributed by atoms with Crippen molar-refractivity contribution in [1.29, 1.82) is 5.26 Å². The van der Waals surface area contributed by atoms with E-state index in [4.69, 9.17) is 5.26 Å². The quantitative estimate of drug-likeness (QED) is 0.605. The molecule has 0 aliphatic carbocycles. The van der Waals surface area contributed by atoms with E-state index < -0.39 is 0 Å². The Hall–Kier alpha value is -2.60. The minimum absolute atomic E-state index is 0.0136. The van der Waals surface area contributed by atoms with Gasteiger partial charge in [-0.2, -0.15) is 5.26 Å².